The molecule has 0 aromatic carbocycles. The lowest BCUT2D eigenvalue weighted by Gasteiger charge is -2.41. The molecule has 1 N–H and O–H groups in total. The van der Waals surface area contributed by atoms with E-state index in [0.717, 1.165) is 25.0 Å². The third kappa shape index (κ3) is 7.16. The van der Waals surface area contributed by atoms with Gasteiger partial charge in [-0.1, -0.05) is 13.8 Å². The summed E-state index contributed by atoms with van der Waals surface area (Å²) in [6.45, 7) is 12.7. The maximum atomic E-state index is 4.61. The molecule has 0 bridgehead atoms. The highest BCUT2D eigenvalue weighted by Crippen LogP contribution is 2.15. The van der Waals surface area contributed by atoms with Crippen molar-refractivity contribution in [2.45, 2.75) is 39.8 Å². The van der Waals surface area contributed by atoms with Crippen LogP contribution in [0.3, 0.4) is 0 Å². The smallest absolute Gasteiger partial charge is 0.303 e. The lowest BCUT2D eigenvalue weighted by molar-refractivity contribution is 0.0923. The number of rotatable bonds is 4. The first-order valence-electron chi connectivity index (χ1n) is 6.48. The monoisotopic (exact) mass is 262 g/mol. The third-order valence-corrected chi connectivity index (χ3v) is 3.47. The second kappa shape index (κ2) is 10.0. The lowest BCUT2D eigenvalue weighted by Crippen LogP contribution is -2.55. The van der Waals surface area contributed by atoms with Gasteiger partial charge in [0.05, 0.1) is 0 Å². The number of nitrogens with one attached hydrogen (secondary N) is 1. The van der Waals surface area contributed by atoms with Crippen molar-refractivity contribution in [3.05, 3.63) is 0 Å². The zero-order valence-corrected chi connectivity index (χ0v) is 13.7. The summed E-state index contributed by atoms with van der Waals surface area (Å²) in [6.07, 6.45) is 0. The van der Waals surface area contributed by atoms with Crippen LogP contribution in [0, 0.1) is 5.92 Å². The number of nitrogens with zero attached hydrogens (tertiary/aromatic N) is 1. The Labute approximate surface area is 109 Å². The highest BCUT2D eigenvalue weighted by molar-refractivity contribution is 6.17. The van der Waals surface area contributed by atoms with E-state index in [9.17, 15) is 0 Å². The van der Waals surface area contributed by atoms with E-state index in [-0.39, 0.29) is 0 Å². The Morgan fingerprint density at radius 2 is 1.76 bits per heavy atom. The molecule has 1 saturated heterocycles. The molecule has 0 spiro atoms. The zero-order chi connectivity index (χ0) is 13.3. The first-order chi connectivity index (χ1) is 8.04. The van der Waals surface area contributed by atoms with Crippen molar-refractivity contribution in [2.24, 2.45) is 5.92 Å². The number of hydrogen-bond donors (Lipinski definition) is 1. The molecule has 1 heterocycles. The summed E-state index contributed by atoms with van der Waals surface area (Å²) in [6, 6.07) is 1.43. The Kier molecular flexibility index (Phi) is 10.1. The van der Waals surface area contributed by atoms with Crippen molar-refractivity contribution >= 4 is 10.0 Å². The van der Waals surface area contributed by atoms with E-state index >= 15 is 0 Å². The van der Waals surface area contributed by atoms with Crippen LogP contribution in [0.25, 0.3) is 0 Å². The Morgan fingerprint density at radius 1 is 1.18 bits per heavy atom. The van der Waals surface area contributed by atoms with Gasteiger partial charge in [-0.05, 0) is 19.8 Å². The van der Waals surface area contributed by atoms with Crippen molar-refractivity contribution in [3.63, 3.8) is 0 Å². The van der Waals surface area contributed by atoms with Crippen LogP contribution < -0.4 is 5.32 Å². The van der Waals surface area contributed by atoms with Crippen molar-refractivity contribution in [2.75, 3.05) is 33.9 Å². The van der Waals surface area contributed by atoms with E-state index in [1.54, 1.807) is 14.2 Å². The summed E-state index contributed by atoms with van der Waals surface area (Å²) in [5, 5.41) is 3.46. The Balaban J connectivity index is 0.000000437. The molecule has 1 atom stereocenters. The second-order valence-electron chi connectivity index (χ2n) is 5.04. The molecule has 0 aliphatic carbocycles. The van der Waals surface area contributed by atoms with Gasteiger partial charge in [-0.2, -0.15) is 0 Å². The summed E-state index contributed by atoms with van der Waals surface area (Å²) in [5.74, 6) is 0.764. The van der Waals surface area contributed by atoms with Gasteiger partial charge in [-0.25, -0.2) is 0 Å². The van der Waals surface area contributed by atoms with Crippen molar-refractivity contribution < 1.29 is 8.85 Å². The van der Waals surface area contributed by atoms with E-state index < -0.39 is 10.0 Å². The van der Waals surface area contributed by atoms with Gasteiger partial charge in [0, 0.05) is 45.9 Å². The molecule has 104 valence electrons. The maximum Gasteiger partial charge on any atom is 0.303 e. The largest absolute Gasteiger partial charge is 0.402 e. The molecule has 1 aliphatic rings. The minimum Gasteiger partial charge on any atom is -0.402 e. The van der Waals surface area contributed by atoms with Crippen LogP contribution in [-0.2, 0) is 8.85 Å². The molecular weight excluding hydrogens is 232 g/mol. The summed E-state index contributed by atoms with van der Waals surface area (Å²) in [7, 11) is 2.73. The van der Waals surface area contributed by atoms with Crippen molar-refractivity contribution in [1.82, 2.24) is 10.2 Å². The van der Waals surface area contributed by atoms with E-state index in [0.29, 0.717) is 6.04 Å². The van der Waals surface area contributed by atoms with Gasteiger partial charge in [-0.3, -0.25) is 4.90 Å². The normalized spacial score (nSPS) is 21.5. The van der Waals surface area contributed by atoms with Crippen LogP contribution in [0.5, 0.6) is 0 Å². The minimum atomic E-state index is -0.568. The van der Waals surface area contributed by atoms with E-state index in [1.807, 2.05) is 0 Å². The molecule has 0 radical (unpaired) electrons. The summed E-state index contributed by atoms with van der Waals surface area (Å²) in [4.78, 5) is 2.61. The van der Waals surface area contributed by atoms with Crippen LogP contribution >= 0.6 is 0 Å². The van der Waals surface area contributed by atoms with E-state index in [4.69, 9.17) is 0 Å². The Bertz CT molecular complexity index is 162. The predicted octanol–water partition coefficient (Wildman–Crippen LogP) is 0.603. The number of hydrogen-bond acceptors (Lipinski definition) is 4. The van der Waals surface area contributed by atoms with Crippen LogP contribution in [0.4, 0.5) is 0 Å². The van der Waals surface area contributed by atoms with Crippen LogP contribution in [0.1, 0.15) is 27.7 Å². The quantitative estimate of drug-likeness (QED) is 0.753. The summed E-state index contributed by atoms with van der Waals surface area (Å²) >= 11 is 0. The first kappa shape index (κ1) is 17.1. The third-order valence-electron chi connectivity index (χ3n) is 2.99. The standard InChI is InChI=1S/C10H22N2.C2H8O2Si/c1-8(2)10-7-11-5-6-12(10)9(3)4;1-3-5-4-2/h8-11H,5-7H2,1-4H3;5H2,1-2H3. The van der Waals surface area contributed by atoms with Gasteiger partial charge in [0.15, 0.2) is 0 Å². The molecule has 0 saturated carbocycles. The van der Waals surface area contributed by atoms with Gasteiger partial charge in [0.1, 0.15) is 0 Å². The molecule has 5 heteroatoms. The SMILES string of the molecule is CC(C)C1CNCCN1C(C)C.CO[SiH2]OC. The molecule has 1 aliphatic heterocycles. The fourth-order valence-corrected chi connectivity index (χ4v) is 2.35. The first-order valence-corrected chi connectivity index (χ1v) is 7.64. The van der Waals surface area contributed by atoms with Crippen molar-refractivity contribution in [3.8, 4) is 0 Å². The topological polar surface area (TPSA) is 33.7 Å². The average Bonchev–Trinajstić information content (AvgIpc) is 2.30. The van der Waals surface area contributed by atoms with Crippen LogP contribution in [0.15, 0.2) is 0 Å². The highest BCUT2D eigenvalue weighted by Gasteiger charge is 2.26. The zero-order valence-electron chi connectivity index (χ0n) is 12.3. The molecule has 1 unspecified atom stereocenters. The van der Waals surface area contributed by atoms with Gasteiger partial charge in [0.25, 0.3) is 0 Å². The lowest BCUT2D eigenvalue weighted by atomic mass is 9.99. The number of piperazine rings is 1. The van der Waals surface area contributed by atoms with Gasteiger partial charge >= 0.3 is 10.0 Å². The molecule has 1 fully saturated rings. The average molecular weight is 262 g/mol. The summed E-state index contributed by atoms with van der Waals surface area (Å²) in [5.41, 5.74) is 0. The van der Waals surface area contributed by atoms with E-state index in [1.165, 1.54) is 6.54 Å². The minimum absolute atomic E-state index is 0.568. The Morgan fingerprint density at radius 3 is 2.06 bits per heavy atom. The fraction of sp³-hybridized carbons (Fsp3) is 1.00. The highest BCUT2D eigenvalue weighted by atomic mass is 28.3. The molecular formula is C12H30N2O2Si. The van der Waals surface area contributed by atoms with Crippen LogP contribution in [-0.4, -0.2) is 60.8 Å². The predicted molar refractivity (Wildman–Crippen MR) is 75.9 cm³/mol. The molecule has 4 nitrogen and oxygen atoms in total. The van der Waals surface area contributed by atoms with Gasteiger partial charge in [-0.15, -0.1) is 0 Å². The molecule has 0 aromatic heterocycles. The molecule has 0 amide bonds. The van der Waals surface area contributed by atoms with Gasteiger partial charge in [0.2, 0.25) is 0 Å². The second-order valence-corrected chi connectivity index (χ2v) is 6.43. The fourth-order valence-electron chi connectivity index (χ4n) is 2.12. The summed E-state index contributed by atoms with van der Waals surface area (Å²) < 4.78 is 9.22. The Hall–Kier alpha value is 0.0569. The van der Waals surface area contributed by atoms with Crippen molar-refractivity contribution in [1.29, 1.82) is 0 Å². The maximum absolute atomic E-state index is 4.61. The van der Waals surface area contributed by atoms with Crippen LogP contribution in [0.2, 0.25) is 0 Å². The molecule has 0 aromatic rings. The molecule has 1 rings (SSSR count). The van der Waals surface area contributed by atoms with E-state index in [2.05, 4.69) is 46.8 Å². The van der Waals surface area contributed by atoms with Gasteiger partial charge < -0.3 is 14.2 Å². The molecule has 17 heavy (non-hydrogen) atoms.